The maximum absolute atomic E-state index is 13.0. The van der Waals surface area contributed by atoms with Crippen LogP contribution in [0.5, 0.6) is 0 Å². The van der Waals surface area contributed by atoms with Gasteiger partial charge in [-0.25, -0.2) is 4.79 Å². The van der Waals surface area contributed by atoms with Gasteiger partial charge in [0.15, 0.2) is 5.69 Å². The third-order valence-electron chi connectivity index (χ3n) is 5.26. The minimum atomic E-state index is -4.55. The standard InChI is InChI=1S/C23H20F3N3O2/c1-14-15(21(29-28-14)23(24,25)26)11-6-12-27-22(30)31-13-20-18-9-4-2-7-16(18)17-8-3-5-10-19(17)20/h2-11,20H,12-13H2,1H3,(H,27,30)(H,28,29). The lowest BCUT2D eigenvalue weighted by Crippen LogP contribution is -2.26. The number of aryl methyl sites for hydroxylation is 1. The first-order valence-electron chi connectivity index (χ1n) is 9.74. The first kappa shape index (κ1) is 20.7. The summed E-state index contributed by atoms with van der Waals surface area (Å²) in [6.45, 7) is 1.70. The Hall–Kier alpha value is -3.55. The van der Waals surface area contributed by atoms with Gasteiger partial charge in [-0.2, -0.15) is 18.3 Å². The van der Waals surface area contributed by atoms with Crippen molar-refractivity contribution in [3.05, 3.63) is 82.7 Å². The Morgan fingerprint density at radius 1 is 1.13 bits per heavy atom. The van der Waals surface area contributed by atoms with Crippen LogP contribution in [0.3, 0.4) is 0 Å². The number of amides is 1. The van der Waals surface area contributed by atoms with Crippen molar-refractivity contribution in [1.82, 2.24) is 15.5 Å². The van der Waals surface area contributed by atoms with Crippen molar-refractivity contribution < 1.29 is 22.7 Å². The number of H-pyrrole nitrogens is 1. The van der Waals surface area contributed by atoms with Crippen LogP contribution in [0.2, 0.25) is 0 Å². The molecule has 1 aromatic heterocycles. The third-order valence-corrected chi connectivity index (χ3v) is 5.26. The van der Waals surface area contributed by atoms with Crippen LogP contribution in [0, 0.1) is 6.92 Å². The second-order valence-electron chi connectivity index (χ2n) is 7.22. The molecular formula is C23H20F3N3O2. The third kappa shape index (κ3) is 4.19. The molecule has 0 fully saturated rings. The lowest BCUT2D eigenvalue weighted by molar-refractivity contribution is -0.141. The van der Waals surface area contributed by atoms with Crippen molar-refractivity contribution in [1.29, 1.82) is 0 Å². The number of aromatic amines is 1. The molecule has 1 heterocycles. The SMILES string of the molecule is Cc1[nH]nc(C(F)(F)F)c1C=CCNC(=O)OCC1c2ccccc2-c2ccccc21. The number of ether oxygens (including phenoxy) is 1. The van der Waals surface area contributed by atoms with E-state index in [4.69, 9.17) is 4.74 Å². The summed E-state index contributed by atoms with van der Waals surface area (Å²) >= 11 is 0. The number of alkyl carbamates (subject to hydrolysis) is 1. The maximum Gasteiger partial charge on any atom is 0.435 e. The van der Waals surface area contributed by atoms with Gasteiger partial charge in [-0.05, 0) is 29.2 Å². The largest absolute Gasteiger partial charge is 0.449 e. The minimum Gasteiger partial charge on any atom is -0.449 e. The van der Waals surface area contributed by atoms with Gasteiger partial charge in [0.2, 0.25) is 0 Å². The van der Waals surface area contributed by atoms with Crippen LogP contribution in [0.4, 0.5) is 18.0 Å². The summed E-state index contributed by atoms with van der Waals surface area (Å²) in [5.41, 5.74) is 3.73. The van der Waals surface area contributed by atoms with Crippen molar-refractivity contribution in [2.24, 2.45) is 0 Å². The van der Waals surface area contributed by atoms with Crippen molar-refractivity contribution in [3.63, 3.8) is 0 Å². The smallest absolute Gasteiger partial charge is 0.435 e. The fourth-order valence-corrected chi connectivity index (χ4v) is 3.83. The van der Waals surface area contributed by atoms with E-state index in [1.54, 1.807) is 0 Å². The van der Waals surface area contributed by atoms with Crippen molar-refractivity contribution >= 4 is 12.2 Å². The maximum atomic E-state index is 13.0. The fourth-order valence-electron chi connectivity index (χ4n) is 3.83. The number of alkyl halides is 3. The van der Waals surface area contributed by atoms with E-state index in [1.807, 2.05) is 48.5 Å². The number of carbonyl (C=O) groups excluding carboxylic acids is 1. The Balaban J connectivity index is 1.35. The van der Waals surface area contributed by atoms with Gasteiger partial charge < -0.3 is 10.1 Å². The summed E-state index contributed by atoms with van der Waals surface area (Å²) in [7, 11) is 0. The topological polar surface area (TPSA) is 67.0 Å². The highest BCUT2D eigenvalue weighted by Gasteiger charge is 2.36. The van der Waals surface area contributed by atoms with Gasteiger partial charge >= 0.3 is 12.3 Å². The molecule has 0 aliphatic heterocycles. The summed E-state index contributed by atoms with van der Waals surface area (Å²) in [6, 6.07) is 16.0. The molecule has 2 aromatic carbocycles. The van der Waals surface area contributed by atoms with Gasteiger partial charge in [-0.15, -0.1) is 0 Å². The number of hydrogen-bond acceptors (Lipinski definition) is 3. The molecule has 160 valence electrons. The molecule has 5 nitrogen and oxygen atoms in total. The van der Waals surface area contributed by atoms with E-state index in [9.17, 15) is 18.0 Å². The van der Waals surface area contributed by atoms with Crippen LogP contribution in [0.25, 0.3) is 17.2 Å². The molecule has 1 amide bonds. The number of rotatable bonds is 5. The first-order valence-corrected chi connectivity index (χ1v) is 9.74. The molecular weight excluding hydrogens is 407 g/mol. The predicted octanol–water partition coefficient (Wildman–Crippen LogP) is 5.29. The van der Waals surface area contributed by atoms with Crippen LogP contribution in [0.15, 0.2) is 54.6 Å². The molecule has 1 aliphatic rings. The predicted molar refractivity (Wildman–Crippen MR) is 110 cm³/mol. The number of hydrogen-bond donors (Lipinski definition) is 2. The molecule has 0 bridgehead atoms. The van der Waals surface area contributed by atoms with Gasteiger partial charge in [-0.1, -0.05) is 60.7 Å². The van der Waals surface area contributed by atoms with Crippen LogP contribution >= 0.6 is 0 Å². The Kier molecular flexibility index (Phi) is 5.54. The van der Waals surface area contributed by atoms with E-state index in [0.717, 1.165) is 22.3 Å². The number of aromatic nitrogens is 2. The van der Waals surface area contributed by atoms with Gasteiger partial charge in [-0.3, -0.25) is 5.10 Å². The fraction of sp³-hybridized carbons (Fsp3) is 0.217. The highest BCUT2D eigenvalue weighted by Crippen LogP contribution is 2.44. The number of benzene rings is 2. The zero-order valence-corrected chi connectivity index (χ0v) is 16.7. The number of nitrogens with one attached hydrogen (secondary N) is 2. The lowest BCUT2D eigenvalue weighted by atomic mass is 9.98. The van der Waals surface area contributed by atoms with Crippen LogP contribution in [-0.2, 0) is 10.9 Å². The molecule has 0 radical (unpaired) electrons. The van der Waals surface area contributed by atoms with Crippen LogP contribution < -0.4 is 5.32 Å². The molecule has 0 saturated heterocycles. The van der Waals surface area contributed by atoms with E-state index in [1.165, 1.54) is 19.1 Å². The van der Waals surface area contributed by atoms with Crippen molar-refractivity contribution in [2.45, 2.75) is 19.0 Å². The van der Waals surface area contributed by atoms with Crippen molar-refractivity contribution in [3.8, 4) is 11.1 Å². The second kappa shape index (κ2) is 8.29. The molecule has 3 aromatic rings. The molecule has 0 spiro atoms. The van der Waals surface area contributed by atoms with E-state index in [-0.39, 0.29) is 24.6 Å². The van der Waals surface area contributed by atoms with Gasteiger partial charge in [0.25, 0.3) is 0 Å². The number of carbonyl (C=O) groups is 1. The Labute approximate surface area is 176 Å². The zero-order chi connectivity index (χ0) is 22.0. The van der Waals surface area contributed by atoms with E-state index in [2.05, 4.69) is 15.5 Å². The van der Waals surface area contributed by atoms with E-state index in [0.29, 0.717) is 5.69 Å². The Morgan fingerprint density at radius 3 is 2.35 bits per heavy atom. The van der Waals surface area contributed by atoms with E-state index >= 15 is 0 Å². The number of nitrogens with zero attached hydrogens (tertiary/aromatic N) is 1. The molecule has 2 N–H and O–H groups in total. The molecule has 8 heteroatoms. The van der Waals surface area contributed by atoms with Crippen LogP contribution in [0.1, 0.15) is 34.0 Å². The zero-order valence-electron chi connectivity index (χ0n) is 16.7. The summed E-state index contributed by atoms with van der Waals surface area (Å²) in [5.74, 6) is -0.0587. The summed E-state index contributed by atoms with van der Waals surface area (Å²) in [4.78, 5) is 12.1. The van der Waals surface area contributed by atoms with Crippen molar-refractivity contribution in [2.75, 3.05) is 13.2 Å². The number of fused-ring (bicyclic) bond motifs is 3. The quantitative estimate of drug-likeness (QED) is 0.582. The lowest BCUT2D eigenvalue weighted by Gasteiger charge is -2.14. The summed E-state index contributed by atoms with van der Waals surface area (Å²) in [5, 5.41) is 8.16. The monoisotopic (exact) mass is 427 g/mol. The molecule has 0 saturated carbocycles. The Bertz CT molecular complexity index is 1090. The molecule has 1 aliphatic carbocycles. The summed E-state index contributed by atoms with van der Waals surface area (Å²) < 4.78 is 44.3. The first-order chi connectivity index (χ1) is 14.9. The van der Waals surface area contributed by atoms with Gasteiger partial charge in [0.05, 0.1) is 0 Å². The second-order valence-corrected chi connectivity index (χ2v) is 7.22. The molecule has 0 unspecified atom stereocenters. The van der Waals surface area contributed by atoms with E-state index < -0.39 is 18.0 Å². The molecule has 4 rings (SSSR count). The van der Waals surface area contributed by atoms with Gasteiger partial charge in [0, 0.05) is 23.7 Å². The normalized spacial score (nSPS) is 13.3. The van der Waals surface area contributed by atoms with Gasteiger partial charge in [0.1, 0.15) is 6.61 Å². The molecule has 31 heavy (non-hydrogen) atoms. The minimum absolute atomic E-state index is 0.0264. The Morgan fingerprint density at radius 2 is 1.74 bits per heavy atom. The summed E-state index contributed by atoms with van der Waals surface area (Å²) in [6.07, 6.45) is -2.48. The highest BCUT2D eigenvalue weighted by molar-refractivity contribution is 5.79. The van der Waals surface area contributed by atoms with Crippen LogP contribution in [-0.4, -0.2) is 29.4 Å². The average Bonchev–Trinajstić information content (AvgIpc) is 3.27. The number of halogens is 3. The average molecular weight is 427 g/mol. The highest BCUT2D eigenvalue weighted by atomic mass is 19.4. The molecule has 0 atom stereocenters.